The summed E-state index contributed by atoms with van der Waals surface area (Å²) < 4.78 is 0.946. The lowest BCUT2D eigenvalue weighted by molar-refractivity contribution is -0.120. The molecule has 0 aliphatic heterocycles. The molecular weight excluding hydrogens is 398 g/mol. The van der Waals surface area contributed by atoms with E-state index in [4.69, 9.17) is 5.73 Å². The average molecular weight is 419 g/mol. The molecule has 3 N–H and O–H groups in total. The molecule has 1 unspecified atom stereocenters. The molecule has 4 nitrogen and oxygen atoms in total. The first-order chi connectivity index (χ1) is 10.1. The number of hydrogen-bond donors (Lipinski definition) is 2. The number of nitrogens with zero attached hydrogens (tertiary/aromatic N) is 1. The van der Waals surface area contributed by atoms with Crippen LogP contribution in [0.5, 0.6) is 0 Å². The zero-order valence-corrected chi connectivity index (χ0v) is 16.7. The van der Waals surface area contributed by atoms with Crippen molar-refractivity contribution in [1.82, 2.24) is 4.98 Å². The molecule has 0 saturated heterocycles. The summed E-state index contributed by atoms with van der Waals surface area (Å²) in [5, 5.41) is 3.39. The Morgan fingerprint density at radius 3 is 2.26 bits per heavy atom. The number of amides is 1. The van der Waals surface area contributed by atoms with Crippen LogP contribution in [0.4, 0.5) is 5.13 Å². The Bertz CT molecular complexity index is 677. The SMILES string of the molecule is CC(C)(C)c1cnc(NC(=O)C(C)(N)c2ccc(Br)cc2)s1.Cl. The molecule has 1 heterocycles. The van der Waals surface area contributed by atoms with E-state index in [1.54, 1.807) is 13.1 Å². The van der Waals surface area contributed by atoms with Gasteiger partial charge in [-0.05, 0) is 30.0 Å². The fourth-order valence-corrected chi connectivity index (χ4v) is 2.97. The molecule has 0 spiro atoms. The zero-order valence-electron chi connectivity index (χ0n) is 13.5. The number of thiazole rings is 1. The maximum Gasteiger partial charge on any atom is 0.250 e. The molecule has 2 aromatic rings. The van der Waals surface area contributed by atoms with Gasteiger partial charge in [-0.25, -0.2) is 4.98 Å². The van der Waals surface area contributed by atoms with E-state index in [0.29, 0.717) is 5.13 Å². The van der Waals surface area contributed by atoms with Crippen LogP contribution in [0.15, 0.2) is 34.9 Å². The van der Waals surface area contributed by atoms with Crippen LogP contribution >= 0.6 is 39.7 Å². The van der Waals surface area contributed by atoms with Crippen molar-refractivity contribution in [3.05, 3.63) is 45.4 Å². The molecule has 1 amide bonds. The highest BCUT2D eigenvalue weighted by atomic mass is 79.9. The fraction of sp³-hybridized carbons (Fsp3) is 0.375. The lowest BCUT2D eigenvalue weighted by Crippen LogP contribution is -2.45. The van der Waals surface area contributed by atoms with Gasteiger partial charge in [-0.2, -0.15) is 0 Å². The van der Waals surface area contributed by atoms with Gasteiger partial charge in [0.05, 0.1) is 0 Å². The molecule has 1 aromatic heterocycles. The Labute approximate surface area is 155 Å². The quantitative estimate of drug-likeness (QED) is 0.774. The molecular formula is C16H21BrClN3OS. The molecule has 126 valence electrons. The largest absolute Gasteiger partial charge is 0.314 e. The van der Waals surface area contributed by atoms with Gasteiger partial charge in [-0.15, -0.1) is 23.7 Å². The van der Waals surface area contributed by atoms with Gasteiger partial charge in [-0.3, -0.25) is 4.79 Å². The summed E-state index contributed by atoms with van der Waals surface area (Å²) in [7, 11) is 0. The maximum atomic E-state index is 12.5. The minimum atomic E-state index is -1.12. The van der Waals surface area contributed by atoms with Crippen molar-refractivity contribution in [3.8, 4) is 0 Å². The van der Waals surface area contributed by atoms with Gasteiger partial charge in [0, 0.05) is 15.5 Å². The zero-order chi connectivity index (χ0) is 16.5. The van der Waals surface area contributed by atoms with Gasteiger partial charge >= 0.3 is 0 Å². The van der Waals surface area contributed by atoms with Crippen molar-refractivity contribution in [2.24, 2.45) is 5.73 Å². The number of benzene rings is 1. The minimum absolute atomic E-state index is 0. The number of carbonyl (C=O) groups is 1. The van der Waals surface area contributed by atoms with Crippen molar-refractivity contribution in [3.63, 3.8) is 0 Å². The third kappa shape index (κ3) is 4.76. The molecule has 7 heteroatoms. The summed E-state index contributed by atoms with van der Waals surface area (Å²) >= 11 is 4.85. The molecule has 0 bridgehead atoms. The first-order valence-electron chi connectivity index (χ1n) is 6.93. The van der Waals surface area contributed by atoms with Crippen LogP contribution in [0.2, 0.25) is 0 Å². The van der Waals surface area contributed by atoms with E-state index in [9.17, 15) is 4.79 Å². The van der Waals surface area contributed by atoms with Gasteiger partial charge in [0.15, 0.2) is 5.13 Å². The van der Waals surface area contributed by atoms with Gasteiger partial charge in [0.1, 0.15) is 5.54 Å². The predicted octanol–water partition coefficient (Wildman–Crippen LogP) is 4.44. The van der Waals surface area contributed by atoms with E-state index in [-0.39, 0.29) is 23.7 Å². The molecule has 1 aromatic carbocycles. The third-order valence-corrected chi connectivity index (χ3v) is 5.25. The highest BCUT2D eigenvalue weighted by Crippen LogP contribution is 2.31. The van der Waals surface area contributed by atoms with Crippen molar-refractivity contribution in [2.45, 2.75) is 38.6 Å². The van der Waals surface area contributed by atoms with Crippen LogP contribution in [0, 0.1) is 0 Å². The number of anilines is 1. The van der Waals surface area contributed by atoms with E-state index >= 15 is 0 Å². The smallest absolute Gasteiger partial charge is 0.250 e. The lowest BCUT2D eigenvalue weighted by Gasteiger charge is -2.23. The Kier molecular flexibility index (Phi) is 6.38. The topological polar surface area (TPSA) is 68.0 Å². The Morgan fingerprint density at radius 2 is 1.78 bits per heavy atom. The second kappa shape index (κ2) is 7.30. The number of halogens is 2. The van der Waals surface area contributed by atoms with E-state index in [1.165, 1.54) is 11.3 Å². The summed E-state index contributed by atoms with van der Waals surface area (Å²) in [6, 6.07) is 7.42. The highest BCUT2D eigenvalue weighted by molar-refractivity contribution is 9.10. The summed E-state index contributed by atoms with van der Waals surface area (Å²) in [5.41, 5.74) is 5.87. The molecule has 0 radical (unpaired) electrons. The summed E-state index contributed by atoms with van der Waals surface area (Å²) in [4.78, 5) is 17.9. The average Bonchev–Trinajstić information content (AvgIpc) is 2.87. The van der Waals surface area contributed by atoms with Crippen molar-refractivity contribution in [1.29, 1.82) is 0 Å². The molecule has 23 heavy (non-hydrogen) atoms. The molecule has 0 saturated carbocycles. The number of rotatable bonds is 3. The predicted molar refractivity (Wildman–Crippen MR) is 102 cm³/mol. The number of nitrogens with one attached hydrogen (secondary N) is 1. The Morgan fingerprint density at radius 1 is 1.22 bits per heavy atom. The highest BCUT2D eigenvalue weighted by Gasteiger charge is 2.31. The Balaban J connectivity index is 0.00000264. The van der Waals surface area contributed by atoms with Crippen LogP contribution in [0.25, 0.3) is 0 Å². The lowest BCUT2D eigenvalue weighted by atomic mass is 9.92. The normalized spacial score (nSPS) is 13.8. The Hall–Kier alpha value is -0.950. The summed E-state index contributed by atoms with van der Waals surface area (Å²) in [5.74, 6) is -0.273. The van der Waals surface area contributed by atoms with Gasteiger partial charge in [-0.1, -0.05) is 48.8 Å². The number of hydrogen-bond acceptors (Lipinski definition) is 4. The van der Waals surface area contributed by atoms with E-state index in [2.05, 4.69) is 47.0 Å². The molecule has 0 aliphatic carbocycles. The van der Waals surface area contributed by atoms with Gasteiger partial charge in [0.2, 0.25) is 0 Å². The fourth-order valence-electron chi connectivity index (χ4n) is 1.83. The van der Waals surface area contributed by atoms with E-state index in [0.717, 1.165) is 14.9 Å². The second-order valence-corrected chi connectivity index (χ2v) is 8.39. The van der Waals surface area contributed by atoms with Crippen LogP contribution in [0.3, 0.4) is 0 Å². The van der Waals surface area contributed by atoms with Crippen molar-refractivity contribution >= 4 is 50.7 Å². The van der Waals surface area contributed by atoms with Crippen molar-refractivity contribution in [2.75, 3.05) is 5.32 Å². The first-order valence-corrected chi connectivity index (χ1v) is 8.54. The monoisotopic (exact) mass is 417 g/mol. The number of carbonyl (C=O) groups excluding carboxylic acids is 1. The minimum Gasteiger partial charge on any atom is -0.314 e. The van der Waals surface area contributed by atoms with E-state index in [1.807, 2.05) is 24.3 Å². The van der Waals surface area contributed by atoms with Crippen LogP contribution in [0.1, 0.15) is 38.1 Å². The van der Waals surface area contributed by atoms with Crippen molar-refractivity contribution < 1.29 is 4.79 Å². The first kappa shape index (κ1) is 20.1. The van der Waals surface area contributed by atoms with E-state index < -0.39 is 5.54 Å². The molecule has 2 rings (SSSR count). The summed E-state index contributed by atoms with van der Waals surface area (Å²) in [6.07, 6.45) is 1.80. The molecule has 0 aliphatic rings. The number of aromatic nitrogens is 1. The standard InChI is InChI=1S/C16H20BrN3OS.ClH/c1-15(2,3)12-9-19-14(22-12)20-13(21)16(4,18)10-5-7-11(17)8-6-10;/h5-9H,18H2,1-4H3,(H,19,20,21);1H. The molecule has 1 atom stereocenters. The molecule has 0 fully saturated rings. The van der Waals surface area contributed by atoms with Crippen LogP contribution in [-0.4, -0.2) is 10.9 Å². The second-order valence-electron chi connectivity index (χ2n) is 6.44. The van der Waals surface area contributed by atoms with Gasteiger partial charge < -0.3 is 11.1 Å². The summed E-state index contributed by atoms with van der Waals surface area (Å²) in [6.45, 7) is 8.03. The third-order valence-electron chi connectivity index (χ3n) is 3.38. The maximum absolute atomic E-state index is 12.5. The van der Waals surface area contributed by atoms with Crippen LogP contribution < -0.4 is 11.1 Å². The van der Waals surface area contributed by atoms with Crippen LogP contribution in [-0.2, 0) is 15.7 Å². The number of nitrogens with two attached hydrogens (primary N) is 1. The van der Waals surface area contributed by atoms with Gasteiger partial charge in [0.25, 0.3) is 5.91 Å².